The first kappa shape index (κ1) is 26.3. The van der Waals surface area contributed by atoms with Gasteiger partial charge in [-0.05, 0) is 25.1 Å². The average molecular weight is 482 g/mol. The molecule has 1 unspecified atom stereocenters. The van der Waals surface area contributed by atoms with Crippen molar-refractivity contribution < 1.29 is 31.9 Å². The number of ether oxygens (including phenoxy) is 2. The zero-order valence-corrected chi connectivity index (χ0v) is 20.0. The van der Waals surface area contributed by atoms with Crippen LogP contribution in [0.3, 0.4) is 0 Å². The maximum atomic E-state index is 12.3. The Hall–Kier alpha value is -1.96. The monoisotopic (exact) mass is 481 g/mol. The highest BCUT2D eigenvalue weighted by molar-refractivity contribution is 6.74. The number of rotatable bonds is 7. The third kappa shape index (κ3) is 6.30. The Bertz CT molecular complexity index is 938. The van der Waals surface area contributed by atoms with E-state index in [1.165, 1.54) is 10.8 Å². The molecule has 13 heteroatoms. The van der Waals surface area contributed by atoms with Gasteiger partial charge in [0.15, 0.2) is 8.32 Å². The summed E-state index contributed by atoms with van der Waals surface area (Å²) >= 11 is 0. The standard InChI is InChI=1S/C19H30F3N3O6Si/c1-11-8-25(17(28)24-15(11)26)14-7-12(31-32(5,6)18(2,3)4)13(30-14)9-29-10-23-16(27)19(20,21)22/h8,12-14H,7,9-10H2,1-6H3,(H,23,27)(H,24,26,28)/t12?,13-,14-/m1/s1. The van der Waals surface area contributed by atoms with E-state index in [1.807, 2.05) is 13.1 Å². The predicted octanol–water partition coefficient (Wildman–Crippen LogP) is 2.18. The molecule has 3 atom stereocenters. The molecule has 9 nitrogen and oxygen atoms in total. The molecule has 0 aliphatic carbocycles. The maximum Gasteiger partial charge on any atom is 0.471 e. The molecule has 0 radical (unpaired) electrons. The van der Waals surface area contributed by atoms with Crippen molar-refractivity contribution in [1.82, 2.24) is 14.9 Å². The first-order chi connectivity index (χ1) is 14.5. The van der Waals surface area contributed by atoms with Crippen LogP contribution in [0, 0.1) is 6.92 Å². The van der Waals surface area contributed by atoms with Crippen molar-refractivity contribution in [3.63, 3.8) is 0 Å². The topological polar surface area (TPSA) is 112 Å². The number of aromatic amines is 1. The summed E-state index contributed by atoms with van der Waals surface area (Å²) in [5.41, 5.74) is -0.820. The number of nitrogens with one attached hydrogen (secondary N) is 2. The van der Waals surface area contributed by atoms with E-state index in [-0.39, 0.29) is 18.1 Å². The molecule has 1 saturated heterocycles. The minimum atomic E-state index is -5.00. The van der Waals surface area contributed by atoms with Gasteiger partial charge >= 0.3 is 17.8 Å². The zero-order chi connectivity index (χ0) is 24.5. The molecule has 2 heterocycles. The lowest BCUT2D eigenvalue weighted by Crippen LogP contribution is -2.47. The van der Waals surface area contributed by atoms with E-state index in [4.69, 9.17) is 13.9 Å². The second kappa shape index (κ2) is 9.49. The van der Waals surface area contributed by atoms with Crippen LogP contribution < -0.4 is 16.6 Å². The fourth-order valence-corrected chi connectivity index (χ4v) is 4.25. The van der Waals surface area contributed by atoms with E-state index < -0.39 is 56.8 Å². The lowest BCUT2D eigenvalue weighted by atomic mass is 10.2. The summed E-state index contributed by atoms with van der Waals surface area (Å²) in [6.45, 7) is 11.0. The van der Waals surface area contributed by atoms with Crippen molar-refractivity contribution >= 4 is 14.2 Å². The Morgan fingerprint density at radius 1 is 1.31 bits per heavy atom. The molecule has 0 spiro atoms. The third-order valence-electron chi connectivity index (χ3n) is 5.76. The Morgan fingerprint density at radius 2 is 1.94 bits per heavy atom. The van der Waals surface area contributed by atoms with Crippen LogP contribution in [-0.2, 0) is 18.7 Å². The van der Waals surface area contributed by atoms with Gasteiger partial charge < -0.3 is 19.2 Å². The van der Waals surface area contributed by atoms with E-state index in [0.29, 0.717) is 5.56 Å². The molecule has 1 fully saturated rings. The summed E-state index contributed by atoms with van der Waals surface area (Å²) in [6, 6.07) is 0. The van der Waals surface area contributed by atoms with Crippen LogP contribution in [0.5, 0.6) is 0 Å². The molecule has 0 bridgehead atoms. The second-order valence-electron chi connectivity index (χ2n) is 9.28. The van der Waals surface area contributed by atoms with Crippen LogP contribution in [0.25, 0.3) is 0 Å². The van der Waals surface area contributed by atoms with Crippen molar-refractivity contribution in [1.29, 1.82) is 0 Å². The van der Waals surface area contributed by atoms with Crippen LogP contribution in [0.4, 0.5) is 13.2 Å². The fourth-order valence-electron chi connectivity index (χ4n) is 2.89. The lowest BCUT2D eigenvalue weighted by molar-refractivity contribution is -0.175. The molecule has 2 rings (SSSR count). The van der Waals surface area contributed by atoms with Gasteiger partial charge in [0.2, 0.25) is 0 Å². The number of hydrogen-bond donors (Lipinski definition) is 2. The van der Waals surface area contributed by atoms with E-state index >= 15 is 0 Å². The number of nitrogens with zero attached hydrogens (tertiary/aromatic N) is 1. The number of amides is 1. The van der Waals surface area contributed by atoms with Crippen LogP contribution in [-0.4, -0.2) is 55.5 Å². The molecule has 0 saturated carbocycles. The molecule has 1 aliphatic rings. The molecule has 1 aliphatic heterocycles. The van der Waals surface area contributed by atoms with Crippen molar-refractivity contribution in [2.75, 3.05) is 13.3 Å². The van der Waals surface area contributed by atoms with Gasteiger partial charge in [0.25, 0.3) is 5.56 Å². The normalized spacial score (nSPS) is 22.2. The van der Waals surface area contributed by atoms with E-state index in [0.717, 1.165) is 0 Å². The highest BCUT2D eigenvalue weighted by atomic mass is 28.4. The minimum Gasteiger partial charge on any atom is -0.411 e. The van der Waals surface area contributed by atoms with E-state index in [9.17, 15) is 27.6 Å². The van der Waals surface area contributed by atoms with Crippen molar-refractivity contribution in [3.8, 4) is 0 Å². The molecular formula is C19H30F3N3O6Si. The number of carbonyl (C=O) groups is 1. The number of carbonyl (C=O) groups excluding carboxylic acids is 1. The summed E-state index contributed by atoms with van der Waals surface area (Å²) in [4.78, 5) is 37.1. The molecule has 1 amide bonds. The molecule has 2 N–H and O–H groups in total. The van der Waals surface area contributed by atoms with Crippen LogP contribution >= 0.6 is 0 Å². The summed E-state index contributed by atoms with van der Waals surface area (Å²) in [7, 11) is -2.27. The summed E-state index contributed by atoms with van der Waals surface area (Å²) in [5, 5.41) is 1.51. The molecule has 1 aromatic heterocycles. The number of alkyl halides is 3. The molecule has 1 aromatic rings. The lowest BCUT2D eigenvalue weighted by Gasteiger charge is -2.39. The van der Waals surface area contributed by atoms with Crippen molar-refractivity contribution in [2.24, 2.45) is 0 Å². The first-order valence-corrected chi connectivity index (χ1v) is 13.0. The highest BCUT2D eigenvalue weighted by Gasteiger charge is 2.45. The minimum absolute atomic E-state index is 0.122. The van der Waals surface area contributed by atoms with Gasteiger partial charge in [-0.1, -0.05) is 20.8 Å². The van der Waals surface area contributed by atoms with Gasteiger partial charge in [-0.3, -0.25) is 19.1 Å². The van der Waals surface area contributed by atoms with Crippen LogP contribution in [0.1, 0.15) is 39.0 Å². The maximum absolute atomic E-state index is 12.3. The van der Waals surface area contributed by atoms with Gasteiger partial charge in [0, 0.05) is 18.2 Å². The molecule has 0 aromatic carbocycles. The quantitative estimate of drug-likeness (QED) is 0.351. The number of halogens is 3. The van der Waals surface area contributed by atoms with Crippen molar-refractivity contribution in [3.05, 3.63) is 32.6 Å². The Morgan fingerprint density at radius 3 is 2.50 bits per heavy atom. The Balaban J connectivity index is 2.16. The average Bonchev–Trinajstić information content (AvgIpc) is 3.01. The predicted molar refractivity (Wildman–Crippen MR) is 112 cm³/mol. The van der Waals surface area contributed by atoms with E-state index in [1.54, 1.807) is 12.2 Å². The third-order valence-corrected chi connectivity index (χ3v) is 10.3. The first-order valence-electron chi connectivity index (χ1n) is 10.1. The van der Waals surface area contributed by atoms with Gasteiger partial charge in [-0.2, -0.15) is 13.2 Å². The van der Waals surface area contributed by atoms with Crippen LogP contribution in [0.2, 0.25) is 18.1 Å². The van der Waals surface area contributed by atoms with Crippen molar-refractivity contribution in [2.45, 2.75) is 76.9 Å². The van der Waals surface area contributed by atoms with Gasteiger partial charge in [-0.25, -0.2) is 4.79 Å². The molecular weight excluding hydrogens is 451 g/mol. The van der Waals surface area contributed by atoms with E-state index in [2.05, 4.69) is 25.8 Å². The number of aromatic nitrogens is 2. The molecule has 182 valence electrons. The Labute approximate surface area is 184 Å². The van der Waals surface area contributed by atoms with Gasteiger partial charge in [0.05, 0.1) is 12.7 Å². The number of H-pyrrole nitrogens is 1. The Kier molecular flexibility index (Phi) is 7.80. The summed E-state index contributed by atoms with van der Waals surface area (Å²) < 4.78 is 55.8. The van der Waals surface area contributed by atoms with Crippen LogP contribution in [0.15, 0.2) is 15.8 Å². The number of hydrogen-bond acceptors (Lipinski definition) is 6. The number of aryl methyl sites for hydroxylation is 1. The summed E-state index contributed by atoms with van der Waals surface area (Å²) in [6.07, 6.45) is -5.29. The van der Waals surface area contributed by atoms with Gasteiger partial charge in [0.1, 0.15) is 19.1 Å². The summed E-state index contributed by atoms with van der Waals surface area (Å²) in [5.74, 6) is -2.10. The smallest absolute Gasteiger partial charge is 0.411 e. The highest BCUT2D eigenvalue weighted by Crippen LogP contribution is 2.41. The largest absolute Gasteiger partial charge is 0.471 e. The SMILES string of the molecule is Cc1cn([C@H]2CC(O[Si](C)(C)C(C)(C)C)[C@@H](COCNC(=O)C(F)(F)F)O2)c(=O)[nH]c1=O. The zero-order valence-electron chi connectivity index (χ0n) is 19.0. The second-order valence-corrected chi connectivity index (χ2v) is 14.0. The van der Waals surface area contributed by atoms with Gasteiger partial charge in [-0.15, -0.1) is 0 Å². The fraction of sp³-hybridized carbons (Fsp3) is 0.737. The molecule has 32 heavy (non-hydrogen) atoms.